The van der Waals surface area contributed by atoms with Crippen LogP contribution in [-0.4, -0.2) is 26.4 Å². The van der Waals surface area contributed by atoms with Gasteiger partial charge >= 0.3 is 0 Å². The molecule has 1 aromatic heterocycles. The Kier molecular flexibility index (Phi) is 4.52. The van der Waals surface area contributed by atoms with Crippen LogP contribution in [0.25, 0.3) is 0 Å². The number of nitrogens with one attached hydrogen (secondary N) is 1. The maximum atomic E-state index is 9.46. The molecule has 2 atom stereocenters. The highest BCUT2D eigenvalue weighted by Crippen LogP contribution is 2.29. The monoisotopic (exact) mass is 242 g/mol. The van der Waals surface area contributed by atoms with Crippen LogP contribution in [0.4, 0.5) is 5.82 Å². The molecule has 0 aromatic carbocycles. The zero-order valence-electron chi connectivity index (χ0n) is 9.98. The molecule has 0 amide bonds. The van der Waals surface area contributed by atoms with Crippen LogP contribution in [0.1, 0.15) is 25.2 Å². The first-order valence-corrected chi connectivity index (χ1v) is 6.00. The second kappa shape index (κ2) is 5.47. The zero-order valence-corrected chi connectivity index (χ0v) is 10.8. The van der Waals surface area contributed by atoms with E-state index in [1.807, 2.05) is 20.8 Å². The van der Waals surface area contributed by atoms with Gasteiger partial charge in [-0.15, -0.1) is 11.8 Å². The molecule has 0 saturated heterocycles. The summed E-state index contributed by atoms with van der Waals surface area (Å²) in [6, 6.07) is 0. The number of nitrogens with two attached hydrogens (primary N) is 1. The molecule has 16 heavy (non-hydrogen) atoms. The minimum atomic E-state index is -0.381. The van der Waals surface area contributed by atoms with Crippen molar-refractivity contribution in [1.29, 1.82) is 0 Å². The number of aliphatic hydroxyl groups is 1. The number of aromatic nitrogens is 2. The molecule has 1 rings (SSSR count). The normalized spacial score (nSPS) is 14.6. The van der Waals surface area contributed by atoms with Gasteiger partial charge in [-0.25, -0.2) is 15.8 Å². The van der Waals surface area contributed by atoms with E-state index < -0.39 is 0 Å². The van der Waals surface area contributed by atoms with Crippen molar-refractivity contribution >= 4 is 17.6 Å². The molecular weight excluding hydrogens is 224 g/mol. The summed E-state index contributed by atoms with van der Waals surface area (Å²) < 4.78 is 0. The summed E-state index contributed by atoms with van der Waals surface area (Å²) in [5, 5.41) is 10.4. The number of anilines is 1. The highest BCUT2D eigenvalue weighted by atomic mass is 32.2. The van der Waals surface area contributed by atoms with Gasteiger partial charge in [-0.2, -0.15) is 0 Å². The Morgan fingerprint density at radius 2 is 1.94 bits per heavy atom. The molecule has 0 spiro atoms. The second-order valence-corrected chi connectivity index (χ2v) is 5.12. The number of hydrogen-bond donors (Lipinski definition) is 3. The molecule has 90 valence electrons. The Hall–Kier alpha value is -0.850. The van der Waals surface area contributed by atoms with E-state index in [0.29, 0.717) is 11.6 Å². The molecule has 0 radical (unpaired) electrons. The maximum Gasteiger partial charge on any atom is 0.147 e. The number of hydrazine groups is 1. The molecule has 0 aliphatic heterocycles. The van der Waals surface area contributed by atoms with E-state index in [9.17, 15) is 5.11 Å². The minimum Gasteiger partial charge on any atom is -0.392 e. The molecule has 0 bridgehead atoms. The number of aliphatic hydroxyl groups excluding tert-OH is 1. The summed E-state index contributed by atoms with van der Waals surface area (Å²) in [6.07, 6.45) is -0.381. The van der Waals surface area contributed by atoms with E-state index >= 15 is 0 Å². The predicted molar refractivity (Wildman–Crippen MR) is 66.3 cm³/mol. The van der Waals surface area contributed by atoms with E-state index in [2.05, 4.69) is 15.4 Å². The molecule has 1 heterocycles. The number of hydrogen-bond acceptors (Lipinski definition) is 6. The SMILES string of the molecule is Cc1nc(NN)c(C)c(SC(C)C(C)O)n1. The smallest absolute Gasteiger partial charge is 0.147 e. The first kappa shape index (κ1) is 13.2. The van der Waals surface area contributed by atoms with Gasteiger partial charge in [-0.1, -0.05) is 6.92 Å². The van der Waals surface area contributed by atoms with Gasteiger partial charge < -0.3 is 10.5 Å². The van der Waals surface area contributed by atoms with E-state index in [1.165, 1.54) is 11.8 Å². The maximum absolute atomic E-state index is 9.46. The van der Waals surface area contributed by atoms with Crippen molar-refractivity contribution in [2.45, 2.75) is 44.1 Å². The van der Waals surface area contributed by atoms with E-state index in [-0.39, 0.29) is 11.4 Å². The largest absolute Gasteiger partial charge is 0.392 e. The number of nitrogen functional groups attached to an aromatic ring is 1. The minimum absolute atomic E-state index is 0.0821. The summed E-state index contributed by atoms with van der Waals surface area (Å²) in [5.41, 5.74) is 3.46. The van der Waals surface area contributed by atoms with Crippen LogP contribution in [0, 0.1) is 13.8 Å². The lowest BCUT2D eigenvalue weighted by Gasteiger charge is -2.16. The third kappa shape index (κ3) is 3.07. The third-order valence-corrected chi connectivity index (χ3v) is 3.71. The summed E-state index contributed by atoms with van der Waals surface area (Å²) in [7, 11) is 0. The van der Waals surface area contributed by atoms with Crippen LogP contribution < -0.4 is 11.3 Å². The van der Waals surface area contributed by atoms with Crippen LogP contribution in [0.3, 0.4) is 0 Å². The van der Waals surface area contributed by atoms with E-state index in [1.54, 1.807) is 6.92 Å². The van der Waals surface area contributed by atoms with Crippen LogP contribution in [-0.2, 0) is 0 Å². The number of nitrogens with zero attached hydrogens (tertiary/aromatic N) is 2. The second-order valence-electron chi connectivity index (χ2n) is 3.76. The predicted octanol–water partition coefficient (Wildman–Crippen LogP) is 1.24. The summed E-state index contributed by atoms with van der Waals surface area (Å²) in [5.74, 6) is 6.68. The summed E-state index contributed by atoms with van der Waals surface area (Å²) >= 11 is 1.53. The fraction of sp³-hybridized carbons (Fsp3) is 0.600. The number of aryl methyl sites for hydroxylation is 1. The Bertz CT molecular complexity index is 370. The Balaban J connectivity index is 2.99. The fourth-order valence-electron chi connectivity index (χ4n) is 1.13. The Morgan fingerprint density at radius 1 is 1.31 bits per heavy atom. The van der Waals surface area contributed by atoms with Crippen LogP contribution >= 0.6 is 11.8 Å². The lowest BCUT2D eigenvalue weighted by molar-refractivity contribution is 0.196. The van der Waals surface area contributed by atoms with Gasteiger partial charge in [0.1, 0.15) is 16.7 Å². The molecule has 0 fully saturated rings. The first-order valence-electron chi connectivity index (χ1n) is 5.12. The van der Waals surface area contributed by atoms with Crippen molar-refractivity contribution in [3.8, 4) is 0 Å². The van der Waals surface area contributed by atoms with Gasteiger partial charge in [-0.3, -0.25) is 0 Å². The van der Waals surface area contributed by atoms with Crippen molar-refractivity contribution < 1.29 is 5.11 Å². The summed E-state index contributed by atoms with van der Waals surface area (Å²) in [4.78, 5) is 8.53. The molecular formula is C10H18N4OS. The van der Waals surface area contributed by atoms with Crippen molar-refractivity contribution in [2.75, 3.05) is 5.43 Å². The van der Waals surface area contributed by atoms with E-state index in [4.69, 9.17) is 5.84 Å². The van der Waals surface area contributed by atoms with Crippen molar-refractivity contribution in [3.05, 3.63) is 11.4 Å². The van der Waals surface area contributed by atoms with Gasteiger partial charge in [0.15, 0.2) is 0 Å². The lowest BCUT2D eigenvalue weighted by Crippen LogP contribution is -2.17. The number of rotatable bonds is 4. The standard InChI is InChI=1S/C10H18N4OS/c1-5-9(14-11)12-8(4)13-10(5)16-7(3)6(2)15/h6-7,15H,11H2,1-4H3,(H,12,13,14). The third-order valence-electron chi connectivity index (χ3n) is 2.33. The topological polar surface area (TPSA) is 84.1 Å². The average molecular weight is 242 g/mol. The molecule has 6 heteroatoms. The van der Waals surface area contributed by atoms with Gasteiger partial charge in [0, 0.05) is 10.8 Å². The quantitative estimate of drug-likeness (QED) is 0.319. The highest BCUT2D eigenvalue weighted by molar-refractivity contribution is 7.99. The first-order chi connectivity index (χ1) is 7.45. The molecule has 5 nitrogen and oxygen atoms in total. The van der Waals surface area contributed by atoms with Crippen molar-refractivity contribution in [2.24, 2.45) is 5.84 Å². The molecule has 0 saturated carbocycles. The van der Waals surface area contributed by atoms with Crippen LogP contribution in [0.2, 0.25) is 0 Å². The molecule has 4 N–H and O–H groups in total. The molecule has 0 aliphatic rings. The van der Waals surface area contributed by atoms with Crippen LogP contribution in [0.5, 0.6) is 0 Å². The van der Waals surface area contributed by atoms with Gasteiger partial charge in [0.05, 0.1) is 6.10 Å². The van der Waals surface area contributed by atoms with Crippen molar-refractivity contribution in [1.82, 2.24) is 9.97 Å². The highest BCUT2D eigenvalue weighted by Gasteiger charge is 2.15. The summed E-state index contributed by atoms with van der Waals surface area (Å²) in [6.45, 7) is 7.45. The van der Waals surface area contributed by atoms with Crippen molar-refractivity contribution in [3.63, 3.8) is 0 Å². The van der Waals surface area contributed by atoms with Gasteiger partial charge in [0.2, 0.25) is 0 Å². The fourth-order valence-corrected chi connectivity index (χ4v) is 2.14. The number of thioether (sulfide) groups is 1. The van der Waals surface area contributed by atoms with Gasteiger partial charge in [0.25, 0.3) is 0 Å². The molecule has 1 aromatic rings. The van der Waals surface area contributed by atoms with E-state index in [0.717, 1.165) is 10.6 Å². The molecule has 2 unspecified atom stereocenters. The average Bonchev–Trinajstić information content (AvgIpc) is 2.22. The zero-order chi connectivity index (χ0) is 12.3. The molecule has 0 aliphatic carbocycles. The van der Waals surface area contributed by atoms with Gasteiger partial charge in [-0.05, 0) is 20.8 Å². The Morgan fingerprint density at radius 3 is 2.44 bits per heavy atom. The Labute approximate surface area is 99.8 Å². The van der Waals surface area contributed by atoms with Crippen LogP contribution in [0.15, 0.2) is 5.03 Å². The lowest BCUT2D eigenvalue weighted by atomic mass is 10.3.